The molecule has 0 aliphatic heterocycles. The zero-order valence-corrected chi connectivity index (χ0v) is 11.9. The van der Waals surface area contributed by atoms with Crippen molar-refractivity contribution in [3.05, 3.63) is 65.7 Å². The third-order valence-corrected chi connectivity index (χ3v) is 3.40. The maximum Gasteiger partial charge on any atom is 0.224 e. The Kier molecular flexibility index (Phi) is 3.57. The van der Waals surface area contributed by atoms with Gasteiger partial charge < -0.3 is 4.74 Å². The van der Waals surface area contributed by atoms with E-state index in [2.05, 4.69) is 4.98 Å². The molecule has 0 saturated carbocycles. The number of aryl methyl sites for hydroxylation is 1. The summed E-state index contributed by atoms with van der Waals surface area (Å²) in [6.45, 7) is 2.03. The molecule has 2 nitrogen and oxygen atoms in total. The summed E-state index contributed by atoms with van der Waals surface area (Å²) in [6, 6.07) is 17.9. The van der Waals surface area contributed by atoms with Gasteiger partial charge in [-0.3, -0.25) is 0 Å². The van der Waals surface area contributed by atoms with Gasteiger partial charge in [-0.15, -0.1) is 11.6 Å². The molecular formula is C17H14ClNO. The van der Waals surface area contributed by atoms with Gasteiger partial charge in [-0.2, -0.15) is 0 Å². The molecule has 0 saturated heterocycles. The van der Waals surface area contributed by atoms with Crippen molar-refractivity contribution in [1.29, 1.82) is 0 Å². The van der Waals surface area contributed by atoms with Crippen molar-refractivity contribution in [3.8, 4) is 11.6 Å². The van der Waals surface area contributed by atoms with Crippen molar-refractivity contribution in [2.24, 2.45) is 0 Å². The molecule has 0 aliphatic carbocycles. The van der Waals surface area contributed by atoms with Crippen LogP contribution in [0.15, 0.2) is 54.6 Å². The molecule has 0 radical (unpaired) electrons. The van der Waals surface area contributed by atoms with E-state index in [0.29, 0.717) is 11.8 Å². The standard InChI is InChI=1S/C17H14ClNO/c1-12-5-4-7-15(9-12)20-17-14(11-18)10-13-6-2-3-8-16(13)19-17/h2-10H,11H2,1H3. The molecule has 3 heteroatoms. The molecule has 2 aromatic carbocycles. The number of hydrogen-bond acceptors (Lipinski definition) is 2. The third kappa shape index (κ3) is 2.61. The largest absolute Gasteiger partial charge is 0.439 e. The van der Waals surface area contributed by atoms with Crippen LogP contribution in [0.1, 0.15) is 11.1 Å². The lowest BCUT2D eigenvalue weighted by Gasteiger charge is -2.10. The SMILES string of the molecule is Cc1cccc(Oc2nc3ccccc3cc2CCl)c1. The molecule has 20 heavy (non-hydrogen) atoms. The highest BCUT2D eigenvalue weighted by Gasteiger charge is 2.08. The molecular weight excluding hydrogens is 270 g/mol. The molecule has 0 spiro atoms. The number of fused-ring (bicyclic) bond motifs is 1. The van der Waals surface area contributed by atoms with Crippen molar-refractivity contribution in [2.75, 3.05) is 0 Å². The van der Waals surface area contributed by atoms with E-state index >= 15 is 0 Å². The zero-order chi connectivity index (χ0) is 13.9. The second-order valence-electron chi connectivity index (χ2n) is 4.70. The lowest BCUT2D eigenvalue weighted by molar-refractivity contribution is 0.460. The van der Waals surface area contributed by atoms with Gasteiger partial charge in [-0.05, 0) is 36.8 Å². The number of para-hydroxylation sites is 1. The summed E-state index contributed by atoms with van der Waals surface area (Å²) >= 11 is 6.01. The Hall–Kier alpha value is -2.06. The van der Waals surface area contributed by atoms with Crippen molar-refractivity contribution in [1.82, 2.24) is 4.98 Å². The molecule has 0 N–H and O–H groups in total. The Morgan fingerprint density at radius 1 is 1.05 bits per heavy atom. The second kappa shape index (κ2) is 5.51. The number of aromatic nitrogens is 1. The predicted octanol–water partition coefficient (Wildman–Crippen LogP) is 5.07. The molecule has 0 fully saturated rings. The van der Waals surface area contributed by atoms with Crippen LogP contribution in [0.5, 0.6) is 11.6 Å². The lowest BCUT2D eigenvalue weighted by atomic mass is 10.1. The molecule has 0 bridgehead atoms. The average Bonchev–Trinajstić information content (AvgIpc) is 2.46. The molecule has 0 amide bonds. The van der Waals surface area contributed by atoms with Crippen LogP contribution in [-0.2, 0) is 5.88 Å². The number of hydrogen-bond donors (Lipinski definition) is 0. The number of alkyl halides is 1. The van der Waals surface area contributed by atoms with Crippen LogP contribution in [0.2, 0.25) is 0 Å². The minimum atomic E-state index is 0.374. The van der Waals surface area contributed by atoms with Gasteiger partial charge in [0, 0.05) is 10.9 Å². The monoisotopic (exact) mass is 283 g/mol. The molecule has 100 valence electrons. The summed E-state index contributed by atoms with van der Waals surface area (Å²) in [7, 11) is 0. The molecule has 0 aliphatic rings. The van der Waals surface area contributed by atoms with Crippen LogP contribution in [0.25, 0.3) is 10.9 Å². The Labute approximate surface area is 123 Å². The van der Waals surface area contributed by atoms with Gasteiger partial charge in [0.1, 0.15) is 5.75 Å². The summed E-state index contributed by atoms with van der Waals surface area (Å²) in [5.74, 6) is 1.72. The molecule has 1 aromatic heterocycles. The topological polar surface area (TPSA) is 22.1 Å². The van der Waals surface area contributed by atoms with E-state index in [0.717, 1.165) is 27.8 Å². The van der Waals surface area contributed by atoms with Crippen molar-refractivity contribution in [2.45, 2.75) is 12.8 Å². The Balaban J connectivity index is 2.05. The number of nitrogens with zero attached hydrogens (tertiary/aromatic N) is 1. The van der Waals surface area contributed by atoms with E-state index in [1.807, 2.05) is 61.5 Å². The normalized spacial score (nSPS) is 10.7. The molecule has 3 rings (SSSR count). The maximum absolute atomic E-state index is 6.01. The molecule has 1 heterocycles. The molecule has 0 unspecified atom stereocenters. The third-order valence-electron chi connectivity index (χ3n) is 3.11. The van der Waals surface area contributed by atoms with Gasteiger partial charge in [0.2, 0.25) is 5.88 Å². The van der Waals surface area contributed by atoms with Crippen LogP contribution in [0.4, 0.5) is 0 Å². The fourth-order valence-electron chi connectivity index (χ4n) is 2.12. The van der Waals surface area contributed by atoms with Crippen LogP contribution in [0.3, 0.4) is 0 Å². The van der Waals surface area contributed by atoms with E-state index in [-0.39, 0.29) is 0 Å². The fourth-order valence-corrected chi connectivity index (χ4v) is 2.31. The summed E-state index contributed by atoms with van der Waals surface area (Å²) in [6.07, 6.45) is 0. The summed E-state index contributed by atoms with van der Waals surface area (Å²) in [4.78, 5) is 4.56. The van der Waals surface area contributed by atoms with Gasteiger partial charge in [0.05, 0.1) is 11.4 Å². The first-order chi connectivity index (χ1) is 9.76. The van der Waals surface area contributed by atoms with Gasteiger partial charge in [0.25, 0.3) is 0 Å². The predicted molar refractivity (Wildman–Crippen MR) is 82.6 cm³/mol. The van der Waals surface area contributed by atoms with Crippen LogP contribution >= 0.6 is 11.6 Å². The Bertz CT molecular complexity index is 755. The first-order valence-electron chi connectivity index (χ1n) is 6.45. The summed E-state index contributed by atoms with van der Waals surface area (Å²) in [5, 5.41) is 1.07. The number of pyridine rings is 1. The summed E-state index contributed by atoms with van der Waals surface area (Å²) < 4.78 is 5.89. The molecule has 0 atom stereocenters. The van der Waals surface area contributed by atoms with E-state index in [4.69, 9.17) is 16.3 Å². The number of ether oxygens (including phenoxy) is 1. The van der Waals surface area contributed by atoms with E-state index in [1.165, 1.54) is 0 Å². The van der Waals surface area contributed by atoms with Gasteiger partial charge >= 0.3 is 0 Å². The second-order valence-corrected chi connectivity index (χ2v) is 4.96. The fraction of sp³-hybridized carbons (Fsp3) is 0.118. The van der Waals surface area contributed by atoms with Crippen LogP contribution in [-0.4, -0.2) is 4.98 Å². The van der Waals surface area contributed by atoms with Crippen molar-refractivity contribution < 1.29 is 4.74 Å². The number of benzene rings is 2. The number of halogens is 1. The molecule has 3 aromatic rings. The lowest BCUT2D eigenvalue weighted by Crippen LogP contribution is -1.94. The highest BCUT2D eigenvalue weighted by molar-refractivity contribution is 6.17. The highest BCUT2D eigenvalue weighted by Crippen LogP contribution is 2.28. The first-order valence-corrected chi connectivity index (χ1v) is 6.99. The maximum atomic E-state index is 6.01. The minimum absolute atomic E-state index is 0.374. The van der Waals surface area contributed by atoms with Crippen molar-refractivity contribution in [3.63, 3.8) is 0 Å². The quantitative estimate of drug-likeness (QED) is 0.626. The number of rotatable bonds is 3. The van der Waals surface area contributed by atoms with E-state index in [1.54, 1.807) is 0 Å². The van der Waals surface area contributed by atoms with Crippen LogP contribution < -0.4 is 4.74 Å². The van der Waals surface area contributed by atoms with Gasteiger partial charge in [0.15, 0.2) is 0 Å². The van der Waals surface area contributed by atoms with E-state index in [9.17, 15) is 0 Å². The van der Waals surface area contributed by atoms with E-state index < -0.39 is 0 Å². The van der Waals surface area contributed by atoms with Crippen LogP contribution in [0, 0.1) is 6.92 Å². The minimum Gasteiger partial charge on any atom is -0.439 e. The summed E-state index contributed by atoms with van der Waals surface area (Å²) in [5.41, 5.74) is 2.95. The average molecular weight is 284 g/mol. The zero-order valence-electron chi connectivity index (χ0n) is 11.1. The van der Waals surface area contributed by atoms with Gasteiger partial charge in [-0.25, -0.2) is 4.98 Å². The van der Waals surface area contributed by atoms with Gasteiger partial charge in [-0.1, -0.05) is 30.3 Å². The first kappa shape index (κ1) is 12.9. The van der Waals surface area contributed by atoms with Crippen molar-refractivity contribution >= 4 is 22.5 Å². The Morgan fingerprint density at radius 2 is 1.90 bits per heavy atom. The Morgan fingerprint density at radius 3 is 2.70 bits per heavy atom. The smallest absolute Gasteiger partial charge is 0.224 e. The highest BCUT2D eigenvalue weighted by atomic mass is 35.5.